The van der Waals surface area contributed by atoms with Crippen molar-refractivity contribution in [2.75, 3.05) is 13.3 Å². The van der Waals surface area contributed by atoms with Crippen LogP contribution in [-0.2, 0) is 9.47 Å². The van der Waals surface area contributed by atoms with Crippen molar-refractivity contribution in [3.63, 3.8) is 0 Å². The number of ether oxygens (including phenoxy) is 2. The molecule has 0 amide bonds. The normalized spacial score (nSPS) is 10.9. The molecular weight excluding hydrogens is 146 g/mol. The Kier molecular flexibility index (Phi) is 3.89. The second-order valence-electron chi connectivity index (χ2n) is 3.41. The second-order valence-corrected chi connectivity index (χ2v) is 3.41. The van der Waals surface area contributed by atoms with Crippen molar-refractivity contribution in [2.45, 2.75) is 20.8 Å². The topological polar surface area (TPSA) is 61.5 Å². The molecule has 0 rings (SSSR count). The van der Waals surface area contributed by atoms with E-state index in [4.69, 9.17) is 10.5 Å². The predicted molar refractivity (Wildman–Crippen MR) is 40.9 cm³/mol. The Bertz CT molecular complexity index is 128. The highest BCUT2D eigenvalue weighted by Gasteiger charge is 2.13. The van der Waals surface area contributed by atoms with Gasteiger partial charge in [-0.3, -0.25) is 5.73 Å². The molecule has 0 bridgehead atoms. The summed E-state index contributed by atoms with van der Waals surface area (Å²) in [6.07, 6.45) is -0.706. The molecule has 0 heterocycles. The lowest BCUT2D eigenvalue weighted by atomic mass is 9.99. The molecule has 0 fully saturated rings. The summed E-state index contributed by atoms with van der Waals surface area (Å²) in [5.41, 5.74) is 4.91. The molecule has 0 atom stereocenters. The fraction of sp³-hybridized carbons (Fsp3) is 0.857. The Morgan fingerprint density at radius 1 is 1.36 bits per heavy atom. The van der Waals surface area contributed by atoms with Crippen LogP contribution >= 0.6 is 0 Å². The van der Waals surface area contributed by atoms with Crippen LogP contribution in [0.2, 0.25) is 0 Å². The molecule has 0 radical (unpaired) electrons. The summed E-state index contributed by atoms with van der Waals surface area (Å²) in [7, 11) is 0. The van der Waals surface area contributed by atoms with Crippen LogP contribution < -0.4 is 5.73 Å². The summed E-state index contributed by atoms with van der Waals surface area (Å²) in [5.74, 6) is 0. The van der Waals surface area contributed by atoms with Crippen molar-refractivity contribution in [1.82, 2.24) is 0 Å². The predicted octanol–water partition coefficient (Wildman–Crippen LogP) is 1.10. The van der Waals surface area contributed by atoms with Gasteiger partial charge < -0.3 is 9.47 Å². The monoisotopic (exact) mass is 161 g/mol. The molecule has 0 saturated heterocycles. The van der Waals surface area contributed by atoms with Crippen LogP contribution in [-0.4, -0.2) is 19.5 Å². The zero-order chi connectivity index (χ0) is 8.91. The third-order valence-corrected chi connectivity index (χ3v) is 0.824. The number of carbonyl (C=O) groups is 1. The fourth-order valence-electron chi connectivity index (χ4n) is 0.385. The molecule has 0 aromatic rings. The van der Waals surface area contributed by atoms with E-state index in [0.29, 0.717) is 6.61 Å². The van der Waals surface area contributed by atoms with Crippen molar-refractivity contribution in [1.29, 1.82) is 0 Å². The summed E-state index contributed by atoms with van der Waals surface area (Å²) in [5, 5.41) is 0. The van der Waals surface area contributed by atoms with Gasteiger partial charge in [-0.25, -0.2) is 4.79 Å². The van der Waals surface area contributed by atoms with Crippen LogP contribution in [0.15, 0.2) is 0 Å². The van der Waals surface area contributed by atoms with E-state index in [1.165, 1.54) is 0 Å². The minimum Gasteiger partial charge on any atom is -0.434 e. The van der Waals surface area contributed by atoms with Gasteiger partial charge in [-0.15, -0.1) is 0 Å². The van der Waals surface area contributed by atoms with Gasteiger partial charge in [0.15, 0.2) is 0 Å². The van der Waals surface area contributed by atoms with Crippen LogP contribution in [0.3, 0.4) is 0 Å². The Morgan fingerprint density at radius 2 is 1.91 bits per heavy atom. The Balaban J connectivity index is 3.46. The summed E-state index contributed by atoms with van der Waals surface area (Å²) >= 11 is 0. The number of nitrogens with two attached hydrogens (primary N) is 1. The zero-order valence-corrected chi connectivity index (χ0v) is 7.22. The van der Waals surface area contributed by atoms with E-state index in [1.54, 1.807) is 0 Å². The van der Waals surface area contributed by atoms with Crippen LogP contribution in [0.5, 0.6) is 0 Å². The van der Waals surface area contributed by atoms with Gasteiger partial charge in [0.2, 0.25) is 0 Å². The number of hydrogen-bond donors (Lipinski definition) is 1. The van der Waals surface area contributed by atoms with E-state index >= 15 is 0 Å². The van der Waals surface area contributed by atoms with E-state index in [0.717, 1.165) is 0 Å². The molecular formula is C7H15NO3. The van der Waals surface area contributed by atoms with Gasteiger partial charge in [-0.05, 0) is 5.41 Å². The number of hydrogen-bond acceptors (Lipinski definition) is 4. The lowest BCUT2D eigenvalue weighted by molar-refractivity contribution is 0.0347. The fourth-order valence-corrected chi connectivity index (χ4v) is 0.385. The molecule has 4 nitrogen and oxygen atoms in total. The molecule has 4 heteroatoms. The molecule has 0 aromatic carbocycles. The molecule has 0 spiro atoms. The SMILES string of the molecule is CC(C)(C)COC(=O)OCN. The van der Waals surface area contributed by atoms with Gasteiger partial charge in [-0.1, -0.05) is 20.8 Å². The molecule has 0 aliphatic heterocycles. The minimum absolute atomic E-state index is 0.0341. The van der Waals surface area contributed by atoms with E-state index < -0.39 is 6.16 Å². The molecule has 66 valence electrons. The molecule has 0 saturated carbocycles. The summed E-state index contributed by atoms with van der Waals surface area (Å²) in [6.45, 7) is 6.09. The van der Waals surface area contributed by atoms with Crippen LogP contribution in [0.25, 0.3) is 0 Å². The molecule has 0 aromatic heterocycles. The minimum atomic E-state index is -0.706. The summed E-state index contributed by atoms with van der Waals surface area (Å²) in [4.78, 5) is 10.6. The van der Waals surface area contributed by atoms with Crippen molar-refractivity contribution in [3.05, 3.63) is 0 Å². The lowest BCUT2D eigenvalue weighted by Gasteiger charge is -2.16. The first kappa shape index (κ1) is 10.2. The van der Waals surface area contributed by atoms with Gasteiger partial charge in [0.25, 0.3) is 0 Å². The highest BCUT2D eigenvalue weighted by atomic mass is 16.7. The highest BCUT2D eigenvalue weighted by molar-refractivity contribution is 5.59. The van der Waals surface area contributed by atoms with Crippen molar-refractivity contribution in [2.24, 2.45) is 11.1 Å². The number of rotatable bonds is 2. The van der Waals surface area contributed by atoms with Crippen molar-refractivity contribution >= 4 is 6.16 Å². The second kappa shape index (κ2) is 4.18. The van der Waals surface area contributed by atoms with Crippen LogP contribution in [0.1, 0.15) is 20.8 Å². The highest BCUT2D eigenvalue weighted by Crippen LogP contribution is 2.12. The first-order chi connectivity index (χ1) is 4.95. The quantitative estimate of drug-likeness (QED) is 0.486. The molecule has 11 heavy (non-hydrogen) atoms. The largest absolute Gasteiger partial charge is 0.509 e. The van der Waals surface area contributed by atoms with E-state index in [-0.39, 0.29) is 12.1 Å². The Labute approximate surface area is 66.7 Å². The Morgan fingerprint density at radius 3 is 2.27 bits per heavy atom. The van der Waals surface area contributed by atoms with Gasteiger partial charge in [0.05, 0.1) is 6.61 Å². The van der Waals surface area contributed by atoms with Crippen molar-refractivity contribution in [3.8, 4) is 0 Å². The smallest absolute Gasteiger partial charge is 0.434 e. The van der Waals surface area contributed by atoms with Gasteiger partial charge in [0, 0.05) is 0 Å². The average molecular weight is 161 g/mol. The van der Waals surface area contributed by atoms with Crippen molar-refractivity contribution < 1.29 is 14.3 Å². The molecule has 0 unspecified atom stereocenters. The molecule has 0 aliphatic rings. The van der Waals surface area contributed by atoms with E-state index in [9.17, 15) is 4.79 Å². The van der Waals surface area contributed by atoms with Crippen LogP contribution in [0, 0.1) is 5.41 Å². The zero-order valence-electron chi connectivity index (χ0n) is 7.22. The Hall–Kier alpha value is -0.770. The lowest BCUT2D eigenvalue weighted by Crippen LogP contribution is -2.20. The number of carbonyl (C=O) groups excluding carboxylic acids is 1. The van der Waals surface area contributed by atoms with Gasteiger partial charge >= 0.3 is 6.16 Å². The van der Waals surface area contributed by atoms with E-state index in [1.807, 2.05) is 20.8 Å². The summed E-state index contributed by atoms with van der Waals surface area (Å²) in [6, 6.07) is 0. The third-order valence-electron chi connectivity index (χ3n) is 0.824. The van der Waals surface area contributed by atoms with Gasteiger partial charge in [-0.2, -0.15) is 0 Å². The van der Waals surface area contributed by atoms with Gasteiger partial charge in [0.1, 0.15) is 6.73 Å². The summed E-state index contributed by atoms with van der Waals surface area (Å²) < 4.78 is 9.06. The standard InChI is InChI=1S/C7H15NO3/c1-7(2,3)4-10-6(9)11-5-8/h4-5,8H2,1-3H3. The average Bonchev–Trinajstić information content (AvgIpc) is 1.83. The first-order valence-corrected chi connectivity index (χ1v) is 3.45. The van der Waals surface area contributed by atoms with Crippen LogP contribution in [0.4, 0.5) is 4.79 Å². The van der Waals surface area contributed by atoms with E-state index in [2.05, 4.69) is 4.74 Å². The molecule has 0 aliphatic carbocycles. The maximum absolute atomic E-state index is 10.6. The molecule has 2 N–H and O–H groups in total. The maximum Gasteiger partial charge on any atom is 0.509 e. The first-order valence-electron chi connectivity index (χ1n) is 3.45. The third kappa shape index (κ3) is 7.12. The maximum atomic E-state index is 10.6.